The Hall–Kier alpha value is -1.98. The van der Waals surface area contributed by atoms with Gasteiger partial charge in [0.25, 0.3) is 0 Å². The van der Waals surface area contributed by atoms with Gasteiger partial charge in [0.15, 0.2) is 0 Å². The molecule has 2 aliphatic heterocycles. The summed E-state index contributed by atoms with van der Waals surface area (Å²) >= 11 is 2.08. The largest absolute Gasteiger partial charge is 0.497 e. The summed E-state index contributed by atoms with van der Waals surface area (Å²) < 4.78 is 27.5. The molecule has 1 aromatic heterocycles. The van der Waals surface area contributed by atoms with Crippen LogP contribution in [0.5, 0.6) is 5.75 Å². The lowest BCUT2D eigenvalue weighted by Crippen LogP contribution is -2.48. The summed E-state index contributed by atoms with van der Waals surface area (Å²) in [6.07, 6.45) is 7.69. The molecule has 5 rings (SSSR count). The first-order valence-corrected chi connectivity index (χ1v) is 16.2. The van der Waals surface area contributed by atoms with Crippen LogP contribution in [-0.4, -0.2) is 89.9 Å². The second-order valence-corrected chi connectivity index (χ2v) is 13.2. The molecule has 0 spiro atoms. The normalized spacial score (nSPS) is 21.2. The van der Waals surface area contributed by atoms with Crippen molar-refractivity contribution < 1.29 is 23.9 Å². The second-order valence-electron chi connectivity index (χ2n) is 11.8. The third-order valence-corrected chi connectivity index (χ3v) is 10.7. The number of thioether (sulfide) groups is 1. The van der Waals surface area contributed by atoms with Crippen LogP contribution in [0.4, 0.5) is 4.39 Å². The highest BCUT2D eigenvalue weighted by Gasteiger charge is 2.41. The van der Waals surface area contributed by atoms with Crippen molar-refractivity contribution in [3.8, 4) is 5.75 Å². The van der Waals surface area contributed by atoms with E-state index >= 15 is 4.39 Å². The van der Waals surface area contributed by atoms with Crippen LogP contribution in [-0.2, 0) is 16.1 Å². The molecule has 8 nitrogen and oxygen atoms in total. The van der Waals surface area contributed by atoms with Crippen LogP contribution in [0.3, 0.4) is 0 Å². The van der Waals surface area contributed by atoms with Crippen molar-refractivity contribution in [3.63, 3.8) is 0 Å². The standard InChI is InChI=1S/C31H45FN4O4S/c1-39-24-6-7-28-26(20-24)29(23(21-33-28)22-36-14-17-40-18-15-36)27(32)8-9-31(30(37)34-38)10-12-35(13-11-31)16-19-41-25-4-2-3-5-25/h6-7,20-21,25,27,38H,2-5,8-19,22H2,1H3,(H,34,37). The number of fused-ring (bicyclic) bond motifs is 1. The molecule has 3 heterocycles. The van der Waals surface area contributed by atoms with Crippen molar-refractivity contribution in [2.24, 2.45) is 5.41 Å². The van der Waals surface area contributed by atoms with Crippen molar-refractivity contribution in [1.82, 2.24) is 20.3 Å². The number of pyridine rings is 1. The fourth-order valence-corrected chi connectivity index (χ4v) is 8.08. The van der Waals surface area contributed by atoms with Crippen molar-refractivity contribution in [2.75, 3.05) is 58.8 Å². The minimum absolute atomic E-state index is 0.192. The lowest BCUT2D eigenvalue weighted by molar-refractivity contribution is -0.143. The van der Waals surface area contributed by atoms with Gasteiger partial charge in [-0.3, -0.25) is 19.9 Å². The van der Waals surface area contributed by atoms with Gasteiger partial charge in [-0.1, -0.05) is 12.8 Å². The van der Waals surface area contributed by atoms with E-state index in [9.17, 15) is 10.0 Å². The number of benzene rings is 1. The first-order valence-electron chi connectivity index (χ1n) is 15.2. The second kappa shape index (κ2) is 14.5. The van der Waals surface area contributed by atoms with Gasteiger partial charge in [0, 0.05) is 54.3 Å². The number of ether oxygens (including phenoxy) is 2. The summed E-state index contributed by atoms with van der Waals surface area (Å²) in [6, 6.07) is 5.57. The predicted molar refractivity (Wildman–Crippen MR) is 160 cm³/mol. The molecule has 2 N–H and O–H groups in total. The van der Waals surface area contributed by atoms with E-state index < -0.39 is 11.6 Å². The number of hydroxylamine groups is 1. The van der Waals surface area contributed by atoms with E-state index in [2.05, 4.69) is 26.5 Å². The molecule has 1 amide bonds. The maximum Gasteiger partial charge on any atom is 0.249 e. The van der Waals surface area contributed by atoms with Crippen molar-refractivity contribution in [1.29, 1.82) is 0 Å². The molecule has 0 radical (unpaired) electrons. The maximum atomic E-state index is 16.5. The van der Waals surface area contributed by atoms with Gasteiger partial charge in [-0.2, -0.15) is 11.8 Å². The molecule has 2 saturated heterocycles. The topological polar surface area (TPSA) is 87.2 Å². The van der Waals surface area contributed by atoms with Gasteiger partial charge >= 0.3 is 0 Å². The van der Waals surface area contributed by atoms with Gasteiger partial charge in [-0.25, -0.2) is 9.87 Å². The van der Waals surface area contributed by atoms with Crippen LogP contribution in [0.1, 0.15) is 68.7 Å². The van der Waals surface area contributed by atoms with E-state index in [0.29, 0.717) is 50.3 Å². The van der Waals surface area contributed by atoms with Crippen LogP contribution in [0.2, 0.25) is 0 Å². The Labute approximate surface area is 247 Å². The van der Waals surface area contributed by atoms with Crippen molar-refractivity contribution in [3.05, 3.63) is 35.5 Å². The summed E-state index contributed by atoms with van der Waals surface area (Å²) in [5.74, 6) is 1.38. The number of piperidine rings is 1. The number of nitrogens with zero attached hydrogens (tertiary/aromatic N) is 3. The molecule has 1 aromatic carbocycles. The number of halogens is 1. The predicted octanol–water partition coefficient (Wildman–Crippen LogP) is 5.13. The van der Waals surface area contributed by atoms with E-state index in [1.807, 2.05) is 23.7 Å². The number of rotatable bonds is 12. The van der Waals surface area contributed by atoms with Gasteiger partial charge < -0.3 is 14.4 Å². The molecule has 10 heteroatoms. The number of hydrogen-bond donors (Lipinski definition) is 2. The third kappa shape index (κ3) is 7.51. The van der Waals surface area contributed by atoms with E-state index in [-0.39, 0.29) is 12.3 Å². The molecule has 1 saturated carbocycles. The minimum atomic E-state index is -1.28. The number of likely N-dealkylation sites (tertiary alicyclic amines) is 1. The SMILES string of the molecule is COc1ccc2ncc(CN3CCOCC3)c(C(F)CCC3(C(=O)NO)CCN(CCSC4CCCC4)CC3)c2c1. The summed E-state index contributed by atoms with van der Waals surface area (Å²) in [4.78, 5) is 22.3. The highest BCUT2D eigenvalue weighted by molar-refractivity contribution is 7.99. The van der Waals surface area contributed by atoms with Crippen LogP contribution in [0.15, 0.2) is 24.4 Å². The zero-order valence-electron chi connectivity index (χ0n) is 24.3. The van der Waals surface area contributed by atoms with E-state index in [0.717, 1.165) is 60.2 Å². The number of carbonyl (C=O) groups excluding carboxylic acids is 1. The number of morpholine rings is 1. The van der Waals surface area contributed by atoms with Gasteiger partial charge in [-0.15, -0.1) is 0 Å². The van der Waals surface area contributed by atoms with Crippen LogP contribution in [0.25, 0.3) is 10.9 Å². The Morgan fingerprint density at radius 1 is 1.22 bits per heavy atom. The molecule has 1 aliphatic carbocycles. The smallest absolute Gasteiger partial charge is 0.249 e. The Balaban J connectivity index is 1.29. The van der Waals surface area contributed by atoms with E-state index in [1.54, 1.807) is 13.3 Å². The summed E-state index contributed by atoms with van der Waals surface area (Å²) in [7, 11) is 1.61. The van der Waals surface area contributed by atoms with Crippen LogP contribution in [0, 0.1) is 5.41 Å². The van der Waals surface area contributed by atoms with E-state index in [1.165, 1.54) is 25.7 Å². The zero-order valence-corrected chi connectivity index (χ0v) is 25.1. The van der Waals surface area contributed by atoms with Crippen molar-refractivity contribution in [2.45, 2.75) is 69.3 Å². The van der Waals surface area contributed by atoms with Gasteiger partial charge in [0.05, 0.1) is 31.3 Å². The molecule has 0 bridgehead atoms. The first-order chi connectivity index (χ1) is 20.0. The molecule has 2 aromatic rings. The highest BCUT2D eigenvalue weighted by Crippen LogP contribution is 2.42. The number of alkyl halides is 1. The summed E-state index contributed by atoms with van der Waals surface area (Å²) in [6.45, 7) is 6.09. The Morgan fingerprint density at radius 3 is 2.68 bits per heavy atom. The third-order valence-electron chi connectivity index (χ3n) is 9.35. The lowest BCUT2D eigenvalue weighted by atomic mass is 9.73. The number of carbonyl (C=O) groups is 1. The number of amides is 1. The van der Waals surface area contributed by atoms with Gasteiger partial charge in [0.1, 0.15) is 11.9 Å². The maximum absolute atomic E-state index is 16.5. The lowest BCUT2D eigenvalue weighted by Gasteiger charge is -2.40. The average Bonchev–Trinajstić information content (AvgIpc) is 3.54. The van der Waals surface area contributed by atoms with Crippen LogP contribution >= 0.6 is 11.8 Å². The fraction of sp³-hybridized carbons (Fsp3) is 0.677. The van der Waals surface area contributed by atoms with Crippen LogP contribution < -0.4 is 10.2 Å². The van der Waals surface area contributed by atoms with Gasteiger partial charge in [-0.05, 0) is 75.4 Å². The first kappa shape index (κ1) is 30.5. The summed E-state index contributed by atoms with van der Waals surface area (Å²) in [5.41, 5.74) is 3.34. The van der Waals surface area contributed by atoms with E-state index in [4.69, 9.17) is 9.47 Å². The number of nitrogens with one attached hydrogen (secondary N) is 1. The Kier molecular flexibility index (Phi) is 10.8. The van der Waals surface area contributed by atoms with Gasteiger partial charge in [0.2, 0.25) is 5.91 Å². The molecule has 226 valence electrons. The Morgan fingerprint density at radius 2 is 1.98 bits per heavy atom. The molecular weight excluding hydrogens is 543 g/mol. The Bertz CT molecular complexity index is 1150. The zero-order chi connectivity index (χ0) is 28.7. The minimum Gasteiger partial charge on any atom is -0.497 e. The number of hydrogen-bond acceptors (Lipinski definition) is 8. The van der Waals surface area contributed by atoms with Crippen molar-refractivity contribution >= 4 is 28.6 Å². The molecular formula is C31H45FN4O4S. The molecule has 3 fully saturated rings. The quantitative estimate of drug-likeness (QED) is 0.261. The molecule has 1 atom stereocenters. The number of methoxy groups -OCH3 is 1. The molecule has 41 heavy (non-hydrogen) atoms. The molecule has 3 aliphatic rings. The highest BCUT2D eigenvalue weighted by atomic mass is 32.2. The molecule has 1 unspecified atom stereocenters. The fourth-order valence-electron chi connectivity index (χ4n) is 6.72. The average molecular weight is 589 g/mol. The summed E-state index contributed by atoms with van der Waals surface area (Å²) in [5, 5.41) is 11.2. The number of aromatic nitrogens is 1. The monoisotopic (exact) mass is 588 g/mol.